The van der Waals surface area contributed by atoms with Crippen LogP contribution in [-0.4, -0.2) is 48.9 Å². The Kier molecular flexibility index (Phi) is 4.84. The van der Waals surface area contributed by atoms with Gasteiger partial charge in [-0.25, -0.2) is 8.42 Å². The molecule has 0 radical (unpaired) electrons. The van der Waals surface area contributed by atoms with E-state index in [0.29, 0.717) is 18.7 Å². The first-order valence-corrected chi connectivity index (χ1v) is 9.52. The number of piperazine rings is 1. The fourth-order valence-electron chi connectivity index (χ4n) is 3.00. The van der Waals surface area contributed by atoms with Crippen LogP contribution >= 0.6 is 0 Å². The fourth-order valence-corrected chi connectivity index (χ4v) is 4.66. The fraction of sp³-hybridized carbons (Fsp3) is 0.294. The van der Waals surface area contributed by atoms with Gasteiger partial charge in [0.15, 0.2) is 0 Å². The molecule has 3 rings (SSSR count). The lowest BCUT2D eigenvalue weighted by Gasteiger charge is -2.35. The summed E-state index contributed by atoms with van der Waals surface area (Å²) in [6.45, 7) is 3.09. The SMILES string of the molecule is Cc1ccc([N+](=O)[O-])cc1S(=O)(=O)N1CCN(c2cccc(O)c2)CC1. The summed E-state index contributed by atoms with van der Waals surface area (Å²) < 4.78 is 27.2. The largest absolute Gasteiger partial charge is 0.508 e. The summed E-state index contributed by atoms with van der Waals surface area (Å²) in [6.07, 6.45) is 0. The molecular formula is C17H19N3O5S. The molecule has 9 heteroatoms. The van der Waals surface area contributed by atoms with Gasteiger partial charge in [0.25, 0.3) is 5.69 Å². The first-order chi connectivity index (χ1) is 12.3. The molecule has 8 nitrogen and oxygen atoms in total. The first-order valence-electron chi connectivity index (χ1n) is 8.08. The molecule has 0 aliphatic carbocycles. The molecule has 0 unspecified atom stereocenters. The summed E-state index contributed by atoms with van der Waals surface area (Å²) in [4.78, 5) is 12.3. The van der Waals surface area contributed by atoms with Crippen molar-refractivity contribution < 1.29 is 18.4 Å². The van der Waals surface area contributed by atoms with Crippen LogP contribution in [0.4, 0.5) is 11.4 Å². The van der Waals surface area contributed by atoms with E-state index in [1.165, 1.54) is 16.4 Å². The number of aromatic hydroxyl groups is 1. The van der Waals surface area contributed by atoms with E-state index >= 15 is 0 Å². The number of hydrogen-bond acceptors (Lipinski definition) is 6. The minimum absolute atomic E-state index is 0.0301. The number of rotatable bonds is 4. The molecule has 0 saturated carbocycles. The standard InChI is InChI=1S/C17H19N3O5S/c1-13-5-6-15(20(22)23)12-17(13)26(24,25)19-9-7-18(8-10-19)14-3-2-4-16(21)11-14/h2-6,11-12,21H,7-10H2,1H3. The van der Waals surface area contributed by atoms with Crippen LogP contribution in [0.15, 0.2) is 47.4 Å². The number of aryl methyl sites for hydroxylation is 1. The molecule has 26 heavy (non-hydrogen) atoms. The second-order valence-corrected chi connectivity index (χ2v) is 8.02. The molecule has 1 saturated heterocycles. The van der Waals surface area contributed by atoms with Crippen molar-refractivity contribution in [2.75, 3.05) is 31.1 Å². The number of phenols is 1. The maximum atomic E-state index is 12.9. The lowest BCUT2D eigenvalue weighted by atomic mass is 10.2. The number of benzene rings is 2. The maximum Gasteiger partial charge on any atom is 0.270 e. The van der Waals surface area contributed by atoms with Gasteiger partial charge in [0.2, 0.25) is 10.0 Å². The highest BCUT2D eigenvalue weighted by Crippen LogP contribution is 2.27. The van der Waals surface area contributed by atoms with Crippen LogP contribution in [0, 0.1) is 17.0 Å². The number of anilines is 1. The normalized spacial score (nSPS) is 15.8. The molecule has 1 heterocycles. The number of phenolic OH excluding ortho intramolecular Hbond substituents is 1. The number of hydrogen-bond donors (Lipinski definition) is 1. The van der Waals surface area contributed by atoms with Crippen LogP contribution in [0.3, 0.4) is 0 Å². The summed E-state index contributed by atoms with van der Waals surface area (Å²) in [5.41, 5.74) is 1.06. The van der Waals surface area contributed by atoms with E-state index in [2.05, 4.69) is 0 Å². The molecule has 0 atom stereocenters. The Labute approximate surface area is 151 Å². The molecule has 1 fully saturated rings. The minimum atomic E-state index is -3.81. The van der Waals surface area contributed by atoms with Crippen molar-refractivity contribution >= 4 is 21.4 Å². The van der Waals surface area contributed by atoms with Crippen molar-refractivity contribution in [3.8, 4) is 5.75 Å². The van der Waals surface area contributed by atoms with Crippen molar-refractivity contribution in [1.29, 1.82) is 0 Å². The van der Waals surface area contributed by atoms with E-state index in [-0.39, 0.29) is 29.4 Å². The van der Waals surface area contributed by atoms with Gasteiger partial charge in [-0.3, -0.25) is 10.1 Å². The van der Waals surface area contributed by atoms with Gasteiger partial charge in [0, 0.05) is 50.1 Å². The predicted molar refractivity (Wildman–Crippen MR) is 96.9 cm³/mol. The smallest absolute Gasteiger partial charge is 0.270 e. The molecule has 2 aromatic carbocycles. The Hall–Kier alpha value is -2.65. The summed E-state index contributed by atoms with van der Waals surface area (Å²) in [6, 6.07) is 10.7. The van der Waals surface area contributed by atoms with Gasteiger partial charge >= 0.3 is 0 Å². The molecule has 1 aliphatic heterocycles. The average molecular weight is 377 g/mol. The number of sulfonamides is 1. The quantitative estimate of drug-likeness (QED) is 0.646. The van der Waals surface area contributed by atoms with Crippen LogP contribution in [0.5, 0.6) is 5.75 Å². The molecule has 138 valence electrons. The molecule has 0 bridgehead atoms. The third-order valence-corrected chi connectivity index (χ3v) is 6.47. The molecule has 0 spiro atoms. The van der Waals surface area contributed by atoms with Crippen LogP contribution in [0.2, 0.25) is 0 Å². The van der Waals surface area contributed by atoms with Crippen LogP contribution in [0.25, 0.3) is 0 Å². The van der Waals surface area contributed by atoms with Crippen molar-refractivity contribution in [2.45, 2.75) is 11.8 Å². The van der Waals surface area contributed by atoms with Gasteiger partial charge in [0.05, 0.1) is 9.82 Å². The second-order valence-electron chi connectivity index (χ2n) is 6.12. The lowest BCUT2D eigenvalue weighted by molar-refractivity contribution is -0.385. The lowest BCUT2D eigenvalue weighted by Crippen LogP contribution is -2.48. The maximum absolute atomic E-state index is 12.9. The molecule has 1 aliphatic rings. The van der Waals surface area contributed by atoms with Crippen LogP contribution < -0.4 is 4.90 Å². The Morgan fingerprint density at radius 2 is 1.77 bits per heavy atom. The van der Waals surface area contributed by atoms with Crippen LogP contribution in [-0.2, 0) is 10.0 Å². The van der Waals surface area contributed by atoms with Gasteiger partial charge in [-0.1, -0.05) is 12.1 Å². The van der Waals surface area contributed by atoms with Gasteiger partial charge in [-0.2, -0.15) is 4.31 Å². The average Bonchev–Trinajstić information content (AvgIpc) is 2.62. The Balaban J connectivity index is 1.80. The minimum Gasteiger partial charge on any atom is -0.508 e. The zero-order chi connectivity index (χ0) is 18.9. The Bertz CT molecular complexity index is 937. The Morgan fingerprint density at radius 3 is 2.38 bits per heavy atom. The summed E-state index contributed by atoms with van der Waals surface area (Å²) in [7, 11) is -3.81. The van der Waals surface area contributed by atoms with E-state index in [0.717, 1.165) is 11.8 Å². The zero-order valence-corrected chi connectivity index (χ0v) is 15.0. The highest BCUT2D eigenvalue weighted by Gasteiger charge is 2.31. The van der Waals surface area contributed by atoms with Gasteiger partial charge in [-0.15, -0.1) is 0 Å². The van der Waals surface area contributed by atoms with Crippen LogP contribution in [0.1, 0.15) is 5.56 Å². The number of nitrogens with zero attached hydrogens (tertiary/aromatic N) is 3. The summed E-state index contributed by atoms with van der Waals surface area (Å²) >= 11 is 0. The molecule has 0 amide bonds. The number of nitro groups is 1. The van der Waals surface area contributed by atoms with Crippen molar-refractivity contribution in [3.63, 3.8) is 0 Å². The molecule has 0 aromatic heterocycles. The van der Waals surface area contributed by atoms with Crippen molar-refractivity contribution in [1.82, 2.24) is 4.31 Å². The van der Waals surface area contributed by atoms with E-state index in [1.807, 2.05) is 11.0 Å². The third-order valence-electron chi connectivity index (χ3n) is 4.43. The second kappa shape index (κ2) is 6.93. The zero-order valence-electron chi connectivity index (χ0n) is 14.2. The number of nitro benzene ring substituents is 1. The molecule has 2 aromatic rings. The van der Waals surface area contributed by atoms with Gasteiger partial charge in [0.1, 0.15) is 5.75 Å². The van der Waals surface area contributed by atoms with E-state index in [9.17, 15) is 23.6 Å². The summed E-state index contributed by atoms with van der Waals surface area (Å²) in [5, 5.41) is 20.6. The topological polar surface area (TPSA) is 104 Å². The van der Waals surface area contributed by atoms with E-state index in [4.69, 9.17) is 0 Å². The number of non-ortho nitro benzene ring substituents is 1. The van der Waals surface area contributed by atoms with Gasteiger partial charge < -0.3 is 10.0 Å². The molecule has 1 N–H and O–H groups in total. The van der Waals surface area contributed by atoms with Crippen molar-refractivity contribution in [3.05, 3.63) is 58.1 Å². The monoisotopic (exact) mass is 377 g/mol. The third kappa shape index (κ3) is 3.49. The predicted octanol–water partition coefficient (Wildman–Crippen LogP) is 2.12. The van der Waals surface area contributed by atoms with Gasteiger partial charge in [-0.05, 0) is 24.6 Å². The first kappa shape index (κ1) is 18.2. The van der Waals surface area contributed by atoms with E-state index < -0.39 is 14.9 Å². The highest BCUT2D eigenvalue weighted by molar-refractivity contribution is 7.89. The Morgan fingerprint density at radius 1 is 1.08 bits per heavy atom. The molecular weight excluding hydrogens is 358 g/mol. The van der Waals surface area contributed by atoms with Crippen molar-refractivity contribution in [2.24, 2.45) is 0 Å². The highest BCUT2D eigenvalue weighted by atomic mass is 32.2. The summed E-state index contributed by atoms with van der Waals surface area (Å²) in [5.74, 6) is 0.157. The van der Waals surface area contributed by atoms with E-state index in [1.54, 1.807) is 25.1 Å².